The molecule has 1 saturated heterocycles. The molecule has 1 aliphatic rings. The molecule has 2 aromatic rings. The summed E-state index contributed by atoms with van der Waals surface area (Å²) in [5.41, 5.74) is 2.63. The van der Waals surface area contributed by atoms with Gasteiger partial charge in [-0.05, 0) is 42.3 Å². The summed E-state index contributed by atoms with van der Waals surface area (Å²) in [7, 11) is 0. The number of carbonyl (C=O) groups is 3. The van der Waals surface area contributed by atoms with Gasteiger partial charge in [0.05, 0.1) is 18.5 Å². The zero-order valence-electron chi connectivity index (χ0n) is 14.0. The van der Waals surface area contributed by atoms with Crippen LogP contribution in [0.5, 0.6) is 0 Å². The van der Waals surface area contributed by atoms with E-state index in [1.807, 2.05) is 6.92 Å². The molecule has 1 atom stereocenters. The Bertz CT molecular complexity index is 880. The lowest BCUT2D eigenvalue weighted by atomic mass is 10.1. The van der Waals surface area contributed by atoms with Crippen molar-refractivity contribution in [2.24, 2.45) is 0 Å². The summed E-state index contributed by atoms with van der Waals surface area (Å²) in [5, 5.41) is 12.3. The maximum Gasteiger partial charge on any atom is 0.307 e. The Hall–Kier alpha value is -2.86. The van der Waals surface area contributed by atoms with Crippen molar-refractivity contribution in [3.05, 3.63) is 58.6 Å². The summed E-state index contributed by atoms with van der Waals surface area (Å²) in [6.45, 7) is 1.85. The minimum absolute atomic E-state index is 0.0429. The monoisotopic (exact) mass is 372 g/mol. The number of carboxylic acids is 1. The first-order valence-corrected chi connectivity index (χ1v) is 8.43. The molecule has 0 aliphatic carbocycles. The van der Waals surface area contributed by atoms with Crippen molar-refractivity contribution in [1.29, 1.82) is 0 Å². The third-order valence-corrected chi connectivity index (χ3v) is 4.62. The van der Waals surface area contributed by atoms with Crippen LogP contribution in [0, 0.1) is 6.92 Å². The van der Waals surface area contributed by atoms with Gasteiger partial charge in [-0.2, -0.15) is 0 Å². The Balaban J connectivity index is 1.74. The van der Waals surface area contributed by atoms with E-state index in [-0.39, 0.29) is 24.7 Å². The molecule has 0 bridgehead atoms. The molecule has 26 heavy (non-hydrogen) atoms. The minimum Gasteiger partial charge on any atom is -0.481 e. The highest BCUT2D eigenvalue weighted by atomic mass is 35.5. The Morgan fingerprint density at radius 2 is 1.92 bits per heavy atom. The molecular formula is C19H17ClN2O4. The topological polar surface area (TPSA) is 86.7 Å². The van der Waals surface area contributed by atoms with Crippen molar-refractivity contribution in [2.45, 2.75) is 25.8 Å². The fourth-order valence-corrected chi connectivity index (χ4v) is 3.01. The molecule has 2 amide bonds. The Labute approximate surface area is 155 Å². The van der Waals surface area contributed by atoms with E-state index in [0.717, 1.165) is 10.5 Å². The number of aliphatic carboxylic acids is 1. The molecule has 1 aliphatic heterocycles. The second-order valence-electron chi connectivity index (χ2n) is 6.17. The Kier molecular flexibility index (Phi) is 4.95. The van der Waals surface area contributed by atoms with E-state index in [2.05, 4.69) is 5.32 Å². The first kappa shape index (κ1) is 17.9. The predicted molar refractivity (Wildman–Crippen MR) is 98.5 cm³/mol. The van der Waals surface area contributed by atoms with Crippen LogP contribution in [0.1, 0.15) is 17.5 Å². The number of rotatable bonds is 5. The van der Waals surface area contributed by atoms with Crippen molar-refractivity contribution in [3.8, 4) is 0 Å². The maximum absolute atomic E-state index is 12.7. The van der Waals surface area contributed by atoms with Gasteiger partial charge >= 0.3 is 5.97 Å². The molecule has 2 N–H and O–H groups in total. The molecule has 134 valence electrons. The van der Waals surface area contributed by atoms with Gasteiger partial charge in [-0.1, -0.05) is 29.8 Å². The lowest BCUT2D eigenvalue weighted by Crippen LogP contribution is -2.34. The lowest BCUT2D eigenvalue weighted by Gasteiger charge is -2.17. The average Bonchev–Trinajstić information content (AvgIpc) is 2.85. The van der Waals surface area contributed by atoms with Gasteiger partial charge in [0, 0.05) is 10.7 Å². The number of nitrogens with one attached hydrogen (secondary N) is 1. The highest BCUT2D eigenvalue weighted by Crippen LogP contribution is 2.28. The summed E-state index contributed by atoms with van der Waals surface area (Å²) in [6, 6.07) is 11.1. The number of nitrogens with zero attached hydrogens (tertiary/aromatic N) is 1. The highest BCUT2D eigenvalue weighted by molar-refractivity contribution is 6.32. The number of hydrogen-bond donors (Lipinski definition) is 2. The quantitative estimate of drug-likeness (QED) is 0.788. The van der Waals surface area contributed by atoms with E-state index in [9.17, 15) is 14.4 Å². The zero-order valence-corrected chi connectivity index (χ0v) is 14.8. The molecule has 7 heteroatoms. The molecule has 1 unspecified atom stereocenters. The number of carboxylic acid groups (broad SMARTS) is 1. The molecule has 3 rings (SSSR count). The van der Waals surface area contributed by atoms with Crippen LogP contribution in [0.25, 0.3) is 0 Å². The summed E-state index contributed by atoms with van der Waals surface area (Å²) < 4.78 is 0. The number of aryl methyl sites for hydroxylation is 1. The molecule has 2 aromatic carbocycles. The molecule has 6 nitrogen and oxygen atoms in total. The SMILES string of the molecule is Cc1ccc(N2C(=O)CC(Nc3ccc(CC(=O)O)cc3)C2=O)cc1Cl. The van der Waals surface area contributed by atoms with Gasteiger partial charge in [0.15, 0.2) is 0 Å². The molecule has 1 heterocycles. The fraction of sp³-hybridized carbons (Fsp3) is 0.211. The van der Waals surface area contributed by atoms with Crippen molar-refractivity contribution in [2.75, 3.05) is 10.2 Å². The Morgan fingerprint density at radius 1 is 1.23 bits per heavy atom. The number of hydrogen-bond acceptors (Lipinski definition) is 4. The van der Waals surface area contributed by atoms with Gasteiger partial charge in [-0.25, -0.2) is 4.90 Å². The van der Waals surface area contributed by atoms with Crippen LogP contribution >= 0.6 is 11.6 Å². The van der Waals surface area contributed by atoms with Crippen LogP contribution in [0.3, 0.4) is 0 Å². The average molecular weight is 373 g/mol. The second-order valence-corrected chi connectivity index (χ2v) is 6.58. The van der Waals surface area contributed by atoms with Crippen LogP contribution in [0.2, 0.25) is 5.02 Å². The van der Waals surface area contributed by atoms with Gasteiger partial charge in [0.1, 0.15) is 6.04 Å². The van der Waals surface area contributed by atoms with Crippen molar-refractivity contribution < 1.29 is 19.5 Å². The number of anilines is 2. The number of imide groups is 1. The number of amides is 2. The van der Waals surface area contributed by atoms with E-state index >= 15 is 0 Å². The summed E-state index contributed by atoms with van der Waals surface area (Å²) in [6.07, 6.45) is -0.0235. The van der Waals surface area contributed by atoms with Crippen LogP contribution < -0.4 is 10.2 Å². The minimum atomic E-state index is -0.908. The van der Waals surface area contributed by atoms with Gasteiger partial charge in [0.25, 0.3) is 5.91 Å². The first-order chi connectivity index (χ1) is 12.3. The van der Waals surface area contributed by atoms with E-state index in [1.54, 1.807) is 42.5 Å². The van der Waals surface area contributed by atoms with Crippen molar-refractivity contribution in [1.82, 2.24) is 0 Å². The van der Waals surface area contributed by atoms with Gasteiger partial charge in [-0.3, -0.25) is 14.4 Å². The molecule has 0 spiro atoms. The Morgan fingerprint density at radius 3 is 2.54 bits per heavy atom. The van der Waals surface area contributed by atoms with Gasteiger partial charge < -0.3 is 10.4 Å². The van der Waals surface area contributed by atoms with Crippen LogP contribution in [-0.4, -0.2) is 28.9 Å². The predicted octanol–water partition coefficient (Wildman–Crippen LogP) is 3.02. The van der Waals surface area contributed by atoms with Crippen LogP contribution in [0.15, 0.2) is 42.5 Å². The molecular weight excluding hydrogens is 356 g/mol. The van der Waals surface area contributed by atoms with E-state index < -0.39 is 12.0 Å². The molecule has 1 fully saturated rings. The summed E-state index contributed by atoms with van der Waals surface area (Å²) in [5.74, 6) is -1.55. The third kappa shape index (κ3) is 3.70. The third-order valence-electron chi connectivity index (χ3n) is 4.21. The maximum atomic E-state index is 12.7. The smallest absolute Gasteiger partial charge is 0.307 e. The fourth-order valence-electron chi connectivity index (χ4n) is 2.83. The second kappa shape index (κ2) is 7.17. The van der Waals surface area contributed by atoms with E-state index in [4.69, 9.17) is 16.7 Å². The molecule has 0 aromatic heterocycles. The number of benzene rings is 2. The van der Waals surface area contributed by atoms with Crippen LogP contribution in [-0.2, 0) is 20.8 Å². The number of halogens is 1. The lowest BCUT2D eigenvalue weighted by molar-refractivity contribution is -0.136. The van der Waals surface area contributed by atoms with Crippen LogP contribution in [0.4, 0.5) is 11.4 Å². The summed E-state index contributed by atoms with van der Waals surface area (Å²) in [4.78, 5) is 36.8. The zero-order chi connectivity index (χ0) is 18.8. The van der Waals surface area contributed by atoms with Crippen molar-refractivity contribution >= 4 is 40.8 Å². The van der Waals surface area contributed by atoms with E-state index in [0.29, 0.717) is 22.0 Å². The number of carbonyl (C=O) groups excluding carboxylic acids is 2. The standard InChI is InChI=1S/C19H17ClN2O4/c1-11-2-7-14(9-15(11)20)22-17(23)10-16(19(22)26)21-13-5-3-12(4-6-13)8-18(24)25/h2-7,9,16,21H,8,10H2,1H3,(H,24,25). The van der Waals surface area contributed by atoms with Crippen molar-refractivity contribution in [3.63, 3.8) is 0 Å². The first-order valence-electron chi connectivity index (χ1n) is 8.05. The van der Waals surface area contributed by atoms with Gasteiger partial charge in [-0.15, -0.1) is 0 Å². The normalized spacial score (nSPS) is 16.8. The molecule has 0 saturated carbocycles. The summed E-state index contributed by atoms with van der Waals surface area (Å²) >= 11 is 6.10. The largest absolute Gasteiger partial charge is 0.481 e. The van der Waals surface area contributed by atoms with E-state index in [1.165, 1.54) is 0 Å². The van der Waals surface area contributed by atoms with Gasteiger partial charge in [0.2, 0.25) is 5.91 Å². The highest BCUT2D eigenvalue weighted by Gasteiger charge is 2.39. The molecule has 0 radical (unpaired) electrons.